The maximum atomic E-state index is 13.0. The lowest BCUT2D eigenvalue weighted by Gasteiger charge is -2.20. The van der Waals surface area contributed by atoms with Crippen LogP contribution in [0.5, 0.6) is 0 Å². The Morgan fingerprint density at radius 2 is 1.76 bits per heavy atom. The van der Waals surface area contributed by atoms with Crippen molar-refractivity contribution in [3.63, 3.8) is 0 Å². The fraction of sp³-hybridized carbons (Fsp3) is 0.280. The van der Waals surface area contributed by atoms with Gasteiger partial charge >= 0.3 is 0 Å². The van der Waals surface area contributed by atoms with Gasteiger partial charge in [-0.2, -0.15) is 0 Å². The lowest BCUT2D eigenvalue weighted by molar-refractivity contribution is -0.118. The average molecular weight is 483 g/mol. The molecule has 0 unspecified atom stereocenters. The molecule has 8 heteroatoms. The van der Waals surface area contributed by atoms with Crippen molar-refractivity contribution in [3.05, 3.63) is 82.6 Å². The van der Waals surface area contributed by atoms with E-state index in [0.717, 1.165) is 11.1 Å². The number of halogens is 1. The fourth-order valence-corrected chi connectivity index (χ4v) is 4.05. The van der Waals surface area contributed by atoms with E-state index in [-0.39, 0.29) is 22.5 Å². The molecule has 172 valence electrons. The van der Waals surface area contributed by atoms with Gasteiger partial charge in [0.25, 0.3) is 5.91 Å². The molecule has 0 aliphatic carbocycles. The highest BCUT2D eigenvalue weighted by Gasteiger charge is 2.25. The zero-order valence-electron chi connectivity index (χ0n) is 18.8. The number of rotatable bonds is 9. The first kappa shape index (κ1) is 24.7. The number of hydrogen-bond donors (Lipinski definition) is 2. The zero-order chi connectivity index (χ0) is 23.8. The number of hydrogen-bond acceptors (Lipinski definition) is 5. The number of amides is 2. The second-order valence-corrected chi connectivity index (χ2v) is 9.48. The quantitative estimate of drug-likeness (QED) is 0.310. The van der Waals surface area contributed by atoms with Crippen molar-refractivity contribution in [1.29, 1.82) is 0 Å². The number of nitrogens with zero attached hydrogens (tertiary/aromatic N) is 2. The first-order valence-electron chi connectivity index (χ1n) is 10.7. The van der Waals surface area contributed by atoms with Crippen LogP contribution in [0, 0.1) is 12.8 Å². The largest absolute Gasteiger partial charge is 0.339 e. The molecule has 1 heterocycles. The molecule has 0 bridgehead atoms. The summed E-state index contributed by atoms with van der Waals surface area (Å²) in [5.74, 6) is 0.0636. The van der Waals surface area contributed by atoms with Crippen molar-refractivity contribution < 1.29 is 9.59 Å². The number of aryl methyl sites for hydroxylation is 1. The summed E-state index contributed by atoms with van der Waals surface area (Å²) in [4.78, 5) is 34.5. The Hall–Kier alpha value is -2.90. The number of aromatic nitrogens is 2. The first-order valence-corrected chi connectivity index (χ1v) is 12.1. The van der Waals surface area contributed by atoms with Gasteiger partial charge < -0.3 is 10.6 Å². The van der Waals surface area contributed by atoms with Crippen LogP contribution < -0.4 is 10.6 Å². The molecule has 33 heavy (non-hydrogen) atoms. The summed E-state index contributed by atoms with van der Waals surface area (Å²) in [6.45, 7) is 5.97. The third-order valence-electron chi connectivity index (χ3n) is 4.80. The van der Waals surface area contributed by atoms with Crippen LogP contribution in [0.2, 0.25) is 5.02 Å². The Morgan fingerprint density at radius 1 is 1.06 bits per heavy atom. The summed E-state index contributed by atoms with van der Waals surface area (Å²) in [7, 11) is 0. The van der Waals surface area contributed by atoms with E-state index in [1.54, 1.807) is 0 Å². The van der Waals surface area contributed by atoms with Gasteiger partial charge in [0.15, 0.2) is 10.9 Å². The molecule has 0 aliphatic heterocycles. The van der Waals surface area contributed by atoms with Crippen molar-refractivity contribution in [1.82, 2.24) is 15.3 Å². The minimum absolute atomic E-state index is 0.0547. The fourth-order valence-electron chi connectivity index (χ4n) is 3.10. The molecule has 2 amide bonds. The van der Waals surface area contributed by atoms with E-state index in [0.29, 0.717) is 23.0 Å². The van der Waals surface area contributed by atoms with Gasteiger partial charge in [0.05, 0.1) is 11.2 Å². The Kier molecular flexibility index (Phi) is 8.86. The Labute approximate surface area is 203 Å². The molecule has 1 aromatic heterocycles. The van der Waals surface area contributed by atoms with Gasteiger partial charge in [-0.25, -0.2) is 9.97 Å². The second-order valence-electron chi connectivity index (χ2n) is 8.13. The minimum Gasteiger partial charge on any atom is -0.339 e. The summed E-state index contributed by atoms with van der Waals surface area (Å²) >= 11 is 7.64. The van der Waals surface area contributed by atoms with Crippen molar-refractivity contribution in [3.8, 4) is 0 Å². The molecule has 0 fully saturated rings. The lowest BCUT2D eigenvalue weighted by Crippen LogP contribution is -2.45. The highest BCUT2D eigenvalue weighted by Crippen LogP contribution is 2.22. The molecule has 2 aromatic carbocycles. The van der Waals surface area contributed by atoms with E-state index in [9.17, 15) is 9.59 Å². The van der Waals surface area contributed by atoms with Crippen LogP contribution >= 0.6 is 23.4 Å². The molecule has 0 spiro atoms. The van der Waals surface area contributed by atoms with E-state index in [2.05, 4.69) is 20.6 Å². The van der Waals surface area contributed by atoms with Crippen molar-refractivity contribution >= 4 is 40.9 Å². The van der Waals surface area contributed by atoms with Crippen molar-refractivity contribution in [2.45, 2.75) is 44.1 Å². The minimum atomic E-state index is -0.731. The van der Waals surface area contributed by atoms with Crippen molar-refractivity contribution in [2.24, 2.45) is 5.92 Å². The van der Waals surface area contributed by atoms with Crippen LogP contribution in [0.4, 0.5) is 5.69 Å². The van der Waals surface area contributed by atoms with E-state index < -0.39 is 11.9 Å². The van der Waals surface area contributed by atoms with Gasteiger partial charge in [-0.3, -0.25) is 9.59 Å². The number of benzene rings is 2. The van der Waals surface area contributed by atoms with Gasteiger partial charge in [-0.1, -0.05) is 85.2 Å². The molecule has 0 saturated carbocycles. The zero-order valence-corrected chi connectivity index (χ0v) is 20.4. The molecule has 0 radical (unpaired) electrons. The van der Waals surface area contributed by atoms with Crippen LogP contribution in [0.15, 0.2) is 66.0 Å². The number of thioether (sulfide) groups is 1. The standard InChI is InChI=1S/C25H27ClN4O2S/c1-16(2)13-21(23(31)28-19-11-9-17(3)10-12-19)29-24(32)22-20(26)14-27-25(30-22)33-15-18-7-5-4-6-8-18/h4-12,14,16,21H,13,15H2,1-3H3,(H,28,31)(H,29,32)/t21-/m1/s1. The monoisotopic (exact) mass is 482 g/mol. The normalized spacial score (nSPS) is 11.8. The number of carbonyl (C=O) groups is 2. The third kappa shape index (κ3) is 7.58. The first-order chi connectivity index (χ1) is 15.8. The van der Waals surface area contributed by atoms with Gasteiger partial charge in [-0.15, -0.1) is 0 Å². The van der Waals surface area contributed by atoms with Gasteiger partial charge in [-0.05, 0) is 37.0 Å². The van der Waals surface area contributed by atoms with Gasteiger partial charge in [0.2, 0.25) is 5.91 Å². The summed E-state index contributed by atoms with van der Waals surface area (Å²) in [5.41, 5.74) is 2.95. The van der Waals surface area contributed by atoms with Crippen LogP contribution in [0.25, 0.3) is 0 Å². The maximum absolute atomic E-state index is 13.0. The lowest BCUT2D eigenvalue weighted by atomic mass is 10.0. The smallest absolute Gasteiger partial charge is 0.272 e. The number of carbonyl (C=O) groups excluding carboxylic acids is 2. The van der Waals surface area contributed by atoms with Gasteiger partial charge in [0, 0.05) is 11.4 Å². The Balaban J connectivity index is 1.71. The molecule has 3 aromatic rings. The van der Waals surface area contributed by atoms with Crippen LogP contribution in [0.3, 0.4) is 0 Å². The predicted molar refractivity (Wildman–Crippen MR) is 134 cm³/mol. The SMILES string of the molecule is Cc1ccc(NC(=O)[C@@H](CC(C)C)NC(=O)c2nc(SCc3ccccc3)ncc2Cl)cc1. The molecule has 1 atom stereocenters. The summed E-state index contributed by atoms with van der Waals surface area (Å²) < 4.78 is 0. The molecule has 0 saturated heterocycles. The topological polar surface area (TPSA) is 84.0 Å². The molecule has 0 aliphatic rings. The number of nitrogens with one attached hydrogen (secondary N) is 2. The maximum Gasteiger partial charge on any atom is 0.272 e. The van der Waals surface area contributed by atoms with Crippen LogP contribution in [-0.2, 0) is 10.5 Å². The third-order valence-corrected chi connectivity index (χ3v) is 6.01. The molecular weight excluding hydrogens is 456 g/mol. The molecule has 2 N–H and O–H groups in total. The molecule has 3 rings (SSSR count). The predicted octanol–water partition coefficient (Wildman–Crippen LogP) is 5.51. The van der Waals surface area contributed by atoms with Crippen molar-refractivity contribution in [2.75, 3.05) is 5.32 Å². The Morgan fingerprint density at radius 3 is 2.42 bits per heavy atom. The highest BCUT2D eigenvalue weighted by molar-refractivity contribution is 7.98. The molecule has 6 nitrogen and oxygen atoms in total. The van der Waals surface area contributed by atoms with Crippen LogP contribution in [0.1, 0.15) is 41.9 Å². The number of anilines is 1. The summed E-state index contributed by atoms with van der Waals surface area (Å²) in [6, 6.07) is 16.7. The Bertz CT molecular complexity index is 1090. The summed E-state index contributed by atoms with van der Waals surface area (Å²) in [6.07, 6.45) is 1.89. The highest BCUT2D eigenvalue weighted by atomic mass is 35.5. The van der Waals surface area contributed by atoms with E-state index in [1.165, 1.54) is 18.0 Å². The van der Waals surface area contributed by atoms with E-state index in [4.69, 9.17) is 11.6 Å². The van der Waals surface area contributed by atoms with Gasteiger partial charge in [0.1, 0.15) is 6.04 Å². The summed E-state index contributed by atoms with van der Waals surface area (Å²) in [5, 5.41) is 6.26. The van der Waals surface area contributed by atoms with E-state index >= 15 is 0 Å². The average Bonchev–Trinajstić information content (AvgIpc) is 2.80. The van der Waals surface area contributed by atoms with E-state index in [1.807, 2.05) is 75.4 Å². The van der Waals surface area contributed by atoms with Crippen LogP contribution in [-0.4, -0.2) is 27.8 Å². The molecular formula is C25H27ClN4O2S. The second kappa shape index (κ2) is 11.8.